The number of nitrogens with zero attached hydrogens (tertiary/aromatic N) is 1. The molecule has 1 aliphatic carbocycles. The molecule has 1 aromatic rings. The highest BCUT2D eigenvalue weighted by atomic mass is 16.6. The van der Waals surface area contributed by atoms with E-state index in [1.54, 1.807) is 6.92 Å². The van der Waals surface area contributed by atoms with Crippen molar-refractivity contribution >= 4 is 17.4 Å². The van der Waals surface area contributed by atoms with Crippen molar-refractivity contribution in [2.45, 2.75) is 52.9 Å². The van der Waals surface area contributed by atoms with Gasteiger partial charge in [0, 0.05) is 29.0 Å². The van der Waals surface area contributed by atoms with Gasteiger partial charge in [0.25, 0.3) is 5.69 Å². The van der Waals surface area contributed by atoms with E-state index in [-0.39, 0.29) is 52.5 Å². The Morgan fingerprint density at radius 1 is 1.21 bits per heavy atom. The number of nitro benzene ring substituents is 1. The Hall–Kier alpha value is -3.36. The van der Waals surface area contributed by atoms with Crippen LogP contribution in [0.5, 0.6) is 11.5 Å². The van der Waals surface area contributed by atoms with E-state index < -0.39 is 16.8 Å². The molecular weight excluding hydrogens is 428 g/mol. The summed E-state index contributed by atoms with van der Waals surface area (Å²) in [5.41, 5.74) is 1.37. The number of nitro groups is 1. The number of esters is 1. The fourth-order valence-corrected chi connectivity index (χ4v) is 4.56. The van der Waals surface area contributed by atoms with Crippen LogP contribution in [0, 0.1) is 15.5 Å². The van der Waals surface area contributed by atoms with Crippen molar-refractivity contribution in [3.05, 3.63) is 50.4 Å². The number of dihydropyridines is 1. The standard InChI is InChI=1S/C24H30N2O7/c1-7-8-33-23(28)20-13(2)25-15-11-24(3,4)12-17(27)22(15)21(20)14-9-18(31-5)19(32-6)10-16(14)26(29)30/h9-10,21,25H,7-8,11-12H2,1-6H3/t21-/m0/s1. The molecule has 0 saturated heterocycles. The van der Waals surface area contributed by atoms with Crippen LogP contribution < -0.4 is 14.8 Å². The molecule has 3 rings (SSSR count). The molecule has 0 spiro atoms. The van der Waals surface area contributed by atoms with Gasteiger partial charge < -0.3 is 19.5 Å². The molecular formula is C24H30N2O7. The molecule has 0 aromatic heterocycles. The molecule has 1 aromatic carbocycles. The molecule has 178 valence electrons. The van der Waals surface area contributed by atoms with Crippen LogP contribution in [0.1, 0.15) is 58.4 Å². The number of rotatable bonds is 7. The number of methoxy groups -OCH3 is 2. The van der Waals surface area contributed by atoms with Crippen LogP contribution >= 0.6 is 0 Å². The third kappa shape index (κ3) is 4.58. The third-order valence-electron chi connectivity index (χ3n) is 5.94. The van der Waals surface area contributed by atoms with Gasteiger partial charge in [0.2, 0.25) is 0 Å². The van der Waals surface area contributed by atoms with Gasteiger partial charge in [-0.25, -0.2) is 4.79 Å². The van der Waals surface area contributed by atoms with Crippen molar-refractivity contribution in [2.75, 3.05) is 20.8 Å². The maximum Gasteiger partial charge on any atom is 0.336 e. The zero-order chi connectivity index (χ0) is 24.5. The third-order valence-corrected chi connectivity index (χ3v) is 5.94. The highest BCUT2D eigenvalue weighted by Crippen LogP contribution is 2.50. The van der Waals surface area contributed by atoms with E-state index in [2.05, 4.69) is 5.32 Å². The molecule has 33 heavy (non-hydrogen) atoms. The molecule has 0 bridgehead atoms. The van der Waals surface area contributed by atoms with Gasteiger partial charge in [0.05, 0.1) is 43.3 Å². The zero-order valence-electron chi connectivity index (χ0n) is 19.9. The van der Waals surface area contributed by atoms with E-state index in [1.807, 2.05) is 20.8 Å². The van der Waals surface area contributed by atoms with Gasteiger partial charge in [-0.2, -0.15) is 0 Å². The van der Waals surface area contributed by atoms with Crippen LogP contribution in [0.25, 0.3) is 0 Å². The van der Waals surface area contributed by atoms with Crippen molar-refractivity contribution in [2.24, 2.45) is 5.41 Å². The van der Waals surface area contributed by atoms with Crippen LogP contribution in [0.4, 0.5) is 5.69 Å². The van der Waals surface area contributed by atoms with Crippen molar-refractivity contribution < 1.29 is 28.7 Å². The Kier molecular flexibility index (Phi) is 6.81. The summed E-state index contributed by atoms with van der Waals surface area (Å²) in [5.74, 6) is -1.28. The van der Waals surface area contributed by atoms with Crippen LogP contribution in [0.2, 0.25) is 0 Å². The fourth-order valence-electron chi connectivity index (χ4n) is 4.56. The highest BCUT2D eigenvalue weighted by Gasteiger charge is 2.45. The molecule has 9 nitrogen and oxygen atoms in total. The zero-order valence-corrected chi connectivity index (χ0v) is 19.9. The second-order valence-corrected chi connectivity index (χ2v) is 9.09. The quantitative estimate of drug-likeness (QED) is 0.368. The molecule has 1 atom stereocenters. The minimum absolute atomic E-state index is 0.156. The van der Waals surface area contributed by atoms with Crippen molar-refractivity contribution in [3.63, 3.8) is 0 Å². The van der Waals surface area contributed by atoms with Crippen LogP contribution in [0.15, 0.2) is 34.7 Å². The van der Waals surface area contributed by atoms with Crippen LogP contribution in [-0.2, 0) is 14.3 Å². The van der Waals surface area contributed by atoms with Gasteiger partial charge in [-0.05, 0) is 31.2 Å². The largest absolute Gasteiger partial charge is 0.493 e. The van der Waals surface area contributed by atoms with Crippen LogP contribution in [-0.4, -0.2) is 37.5 Å². The van der Waals surface area contributed by atoms with E-state index >= 15 is 0 Å². The fraction of sp³-hybridized carbons (Fsp3) is 0.500. The Bertz CT molecular complexity index is 1070. The van der Waals surface area contributed by atoms with Crippen molar-refractivity contribution in [1.29, 1.82) is 0 Å². The summed E-state index contributed by atoms with van der Waals surface area (Å²) in [6.07, 6.45) is 1.45. The Morgan fingerprint density at radius 3 is 2.42 bits per heavy atom. The van der Waals surface area contributed by atoms with Gasteiger partial charge >= 0.3 is 5.97 Å². The second kappa shape index (κ2) is 9.25. The molecule has 1 aliphatic heterocycles. The molecule has 0 fully saturated rings. The minimum Gasteiger partial charge on any atom is -0.493 e. The molecule has 0 unspecified atom stereocenters. The number of ketones is 1. The van der Waals surface area contributed by atoms with Crippen molar-refractivity contribution in [3.8, 4) is 11.5 Å². The summed E-state index contributed by atoms with van der Waals surface area (Å²) in [5, 5.41) is 15.3. The number of benzene rings is 1. The monoisotopic (exact) mass is 458 g/mol. The molecule has 2 aliphatic rings. The molecule has 0 saturated carbocycles. The number of hydrogen-bond donors (Lipinski definition) is 1. The summed E-state index contributed by atoms with van der Waals surface area (Å²) in [6, 6.07) is 2.74. The summed E-state index contributed by atoms with van der Waals surface area (Å²) < 4.78 is 16.1. The second-order valence-electron chi connectivity index (χ2n) is 9.09. The first-order valence-electron chi connectivity index (χ1n) is 10.9. The number of hydrogen-bond acceptors (Lipinski definition) is 8. The SMILES string of the molecule is CCCOC(=O)C1=C(C)NC2=C(C(=O)CC(C)(C)C2)[C@H]1c1cc(OC)c(OC)cc1[N+](=O)[O-]. The summed E-state index contributed by atoms with van der Waals surface area (Å²) in [6.45, 7) is 7.78. The van der Waals surface area contributed by atoms with Gasteiger partial charge in [-0.3, -0.25) is 14.9 Å². The number of carbonyl (C=O) groups is 2. The smallest absolute Gasteiger partial charge is 0.336 e. The Balaban J connectivity index is 2.32. The first-order chi connectivity index (χ1) is 15.5. The van der Waals surface area contributed by atoms with Gasteiger partial charge in [0.1, 0.15) is 0 Å². The first kappa shape index (κ1) is 24.3. The molecule has 9 heteroatoms. The number of allylic oxidation sites excluding steroid dienone is 3. The Labute approximate surface area is 192 Å². The molecule has 1 heterocycles. The summed E-state index contributed by atoms with van der Waals surface area (Å²) in [4.78, 5) is 38.0. The average Bonchev–Trinajstić information content (AvgIpc) is 2.74. The number of carbonyl (C=O) groups excluding carboxylic acids is 2. The van der Waals surface area contributed by atoms with Gasteiger partial charge in [-0.1, -0.05) is 20.8 Å². The first-order valence-corrected chi connectivity index (χ1v) is 10.9. The topological polar surface area (TPSA) is 117 Å². The summed E-state index contributed by atoms with van der Waals surface area (Å²) >= 11 is 0. The molecule has 1 N–H and O–H groups in total. The number of nitrogens with one attached hydrogen (secondary N) is 1. The predicted molar refractivity (Wildman–Crippen MR) is 121 cm³/mol. The lowest BCUT2D eigenvalue weighted by Gasteiger charge is -2.39. The number of Topliss-reactive ketones (excluding diaryl/α,β-unsaturated/α-hetero) is 1. The van der Waals surface area contributed by atoms with E-state index in [4.69, 9.17) is 14.2 Å². The lowest BCUT2D eigenvalue weighted by Crippen LogP contribution is -2.39. The highest BCUT2D eigenvalue weighted by molar-refractivity contribution is 6.04. The minimum atomic E-state index is -0.964. The predicted octanol–water partition coefficient (Wildman–Crippen LogP) is 4.17. The van der Waals surface area contributed by atoms with E-state index in [0.29, 0.717) is 29.8 Å². The lowest BCUT2D eigenvalue weighted by atomic mass is 9.68. The van der Waals surface area contributed by atoms with Crippen molar-refractivity contribution in [1.82, 2.24) is 5.32 Å². The van der Waals surface area contributed by atoms with Gasteiger partial charge in [-0.15, -0.1) is 0 Å². The lowest BCUT2D eigenvalue weighted by molar-refractivity contribution is -0.385. The Morgan fingerprint density at radius 2 is 1.85 bits per heavy atom. The van der Waals surface area contributed by atoms with Gasteiger partial charge in [0.15, 0.2) is 17.3 Å². The molecule has 0 radical (unpaired) electrons. The van der Waals surface area contributed by atoms with E-state index in [1.165, 1.54) is 26.4 Å². The maximum atomic E-state index is 13.4. The van der Waals surface area contributed by atoms with Crippen LogP contribution in [0.3, 0.4) is 0 Å². The normalized spacial score (nSPS) is 19.6. The van der Waals surface area contributed by atoms with E-state index in [0.717, 1.165) is 0 Å². The summed E-state index contributed by atoms with van der Waals surface area (Å²) in [7, 11) is 2.81. The van der Waals surface area contributed by atoms with E-state index in [9.17, 15) is 19.7 Å². The molecule has 0 amide bonds. The average molecular weight is 459 g/mol. The maximum absolute atomic E-state index is 13.4. The number of ether oxygens (including phenoxy) is 3.